The summed E-state index contributed by atoms with van der Waals surface area (Å²) in [6.45, 7) is 1.97. The van der Waals surface area contributed by atoms with Crippen molar-refractivity contribution in [1.29, 1.82) is 0 Å². The summed E-state index contributed by atoms with van der Waals surface area (Å²) in [5.74, 6) is 1.61. The van der Waals surface area contributed by atoms with E-state index >= 15 is 0 Å². The molecule has 1 N–H and O–H groups in total. The lowest BCUT2D eigenvalue weighted by Crippen LogP contribution is -1.95. The Hall–Kier alpha value is -0.840. The van der Waals surface area contributed by atoms with Crippen molar-refractivity contribution in [1.82, 2.24) is 9.97 Å². The van der Waals surface area contributed by atoms with Gasteiger partial charge < -0.3 is 4.98 Å². The number of rotatable bonds is 3. The molecule has 0 saturated carbocycles. The number of benzene rings is 1. The van der Waals surface area contributed by atoms with Gasteiger partial charge in [-0.2, -0.15) is 0 Å². The number of aromatic amines is 1. The molecule has 2 nitrogen and oxygen atoms in total. The first-order chi connectivity index (χ1) is 8.15. The number of halogens is 1. The molecule has 88 valence electrons. The molecule has 17 heavy (non-hydrogen) atoms. The van der Waals surface area contributed by atoms with E-state index in [4.69, 9.17) is 23.8 Å². The largest absolute Gasteiger partial charge is 0.347 e. The minimum Gasteiger partial charge on any atom is -0.347 e. The van der Waals surface area contributed by atoms with E-state index in [1.54, 1.807) is 11.8 Å². The van der Waals surface area contributed by atoms with Gasteiger partial charge in [0.1, 0.15) is 10.5 Å². The predicted octanol–water partition coefficient (Wildman–Crippen LogP) is 4.39. The van der Waals surface area contributed by atoms with Crippen LogP contribution >= 0.6 is 35.6 Å². The van der Waals surface area contributed by atoms with Crippen molar-refractivity contribution < 1.29 is 0 Å². The lowest BCUT2D eigenvalue weighted by atomic mass is 10.4. The van der Waals surface area contributed by atoms with Crippen LogP contribution in [0.5, 0.6) is 0 Å². The van der Waals surface area contributed by atoms with Crippen LogP contribution in [0, 0.1) is 11.6 Å². The second kappa shape index (κ2) is 5.67. The van der Waals surface area contributed by atoms with E-state index in [0.717, 1.165) is 27.2 Å². The minimum atomic E-state index is 0.621. The fraction of sp³-hybridized carbons (Fsp3) is 0.167. The summed E-state index contributed by atoms with van der Waals surface area (Å²) in [5, 5.41) is 0.767. The molecule has 2 rings (SSSR count). The van der Waals surface area contributed by atoms with Gasteiger partial charge in [-0.25, -0.2) is 4.98 Å². The van der Waals surface area contributed by atoms with Crippen molar-refractivity contribution in [3.63, 3.8) is 0 Å². The van der Waals surface area contributed by atoms with Crippen LogP contribution in [0.2, 0.25) is 5.02 Å². The van der Waals surface area contributed by atoms with Crippen molar-refractivity contribution in [3.8, 4) is 0 Å². The highest BCUT2D eigenvalue weighted by molar-refractivity contribution is 7.98. The highest BCUT2D eigenvalue weighted by Crippen LogP contribution is 2.28. The molecule has 0 saturated heterocycles. The minimum absolute atomic E-state index is 0.621. The predicted molar refractivity (Wildman–Crippen MR) is 75.2 cm³/mol. The van der Waals surface area contributed by atoms with Crippen molar-refractivity contribution in [3.05, 3.63) is 51.5 Å². The van der Waals surface area contributed by atoms with E-state index in [-0.39, 0.29) is 0 Å². The third kappa shape index (κ3) is 3.56. The molecule has 0 spiro atoms. The summed E-state index contributed by atoms with van der Waals surface area (Å²) in [5.41, 5.74) is 1.03. The summed E-state index contributed by atoms with van der Waals surface area (Å²) in [4.78, 5) is 8.52. The Labute approximate surface area is 114 Å². The molecule has 0 amide bonds. The zero-order valence-corrected chi connectivity index (χ0v) is 11.6. The van der Waals surface area contributed by atoms with Gasteiger partial charge in [0.05, 0.1) is 10.8 Å². The lowest BCUT2D eigenvalue weighted by Gasteiger charge is -2.04. The lowest BCUT2D eigenvalue weighted by molar-refractivity contribution is 0.986. The standard InChI is InChI=1S/C12H11ClN2S2/c1-8-6-12(16)15-11(14-8)7-17-10-5-3-2-4-9(10)13/h2-6H,7H2,1H3,(H,14,15,16). The highest BCUT2D eigenvalue weighted by atomic mass is 35.5. The van der Waals surface area contributed by atoms with Crippen molar-refractivity contribution >= 4 is 35.6 Å². The molecule has 0 fully saturated rings. The maximum absolute atomic E-state index is 6.08. The van der Waals surface area contributed by atoms with Crippen LogP contribution in [0.25, 0.3) is 0 Å². The van der Waals surface area contributed by atoms with Gasteiger partial charge in [0, 0.05) is 10.6 Å². The van der Waals surface area contributed by atoms with Gasteiger partial charge in [-0.15, -0.1) is 11.8 Å². The summed E-state index contributed by atoms with van der Waals surface area (Å²) in [7, 11) is 0. The summed E-state index contributed by atoms with van der Waals surface area (Å²) in [6, 6.07) is 9.62. The summed E-state index contributed by atoms with van der Waals surface area (Å²) >= 11 is 12.8. The number of nitrogens with one attached hydrogen (secondary N) is 1. The quantitative estimate of drug-likeness (QED) is 0.668. The van der Waals surface area contributed by atoms with Gasteiger partial charge in [0.25, 0.3) is 0 Å². The Morgan fingerprint density at radius 3 is 2.88 bits per heavy atom. The molecule has 1 aromatic heterocycles. The van der Waals surface area contributed by atoms with Crippen LogP contribution in [0.3, 0.4) is 0 Å². The summed E-state index contributed by atoms with van der Waals surface area (Å²) < 4.78 is 0.621. The van der Waals surface area contributed by atoms with Gasteiger partial charge in [-0.05, 0) is 25.1 Å². The maximum atomic E-state index is 6.08. The fourth-order valence-electron chi connectivity index (χ4n) is 1.42. The van der Waals surface area contributed by atoms with Crippen LogP contribution in [0.4, 0.5) is 0 Å². The number of aryl methyl sites for hydroxylation is 1. The number of hydrogen-bond donors (Lipinski definition) is 1. The van der Waals surface area contributed by atoms with Gasteiger partial charge in [-0.1, -0.05) is 36.0 Å². The Morgan fingerprint density at radius 1 is 1.41 bits per heavy atom. The number of hydrogen-bond acceptors (Lipinski definition) is 3. The Kier molecular flexibility index (Phi) is 4.20. The first-order valence-corrected chi connectivity index (χ1v) is 6.86. The maximum Gasteiger partial charge on any atom is 0.130 e. The molecule has 0 aliphatic heterocycles. The fourth-order valence-corrected chi connectivity index (χ4v) is 2.81. The number of H-pyrrole nitrogens is 1. The van der Waals surface area contributed by atoms with E-state index in [0.29, 0.717) is 4.64 Å². The first kappa shape index (κ1) is 12.6. The van der Waals surface area contributed by atoms with E-state index in [9.17, 15) is 0 Å². The zero-order valence-electron chi connectivity index (χ0n) is 9.24. The van der Waals surface area contributed by atoms with E-state index in [2.05, 4.69) is 9.97 Å². The van der Waals surface area contributed by atoms with Crippen LogP contribution in [-0.2, 0) is 5.75 Å². The van der Waals surface area contributed by atoms with Crippen LogP contribution in [0.15, 0.2) is 35.2 Å². The normalized spacial score (nSPS) is 10.5. The molecule has 1 heterocycles. The molecule has 0 unspecified atom stereocenters. The molecule has 0 aliphatic rings. The molecule has 2 aromatic rings. The van der Waals surface area contributed by atoms with Gasteiger partial charge in [0.2, 0.25) is 0 Å². The Bertz CT molecular complexity index is 581. The van der Waals surface area contributed by atoms with Gasteiger partial charge >= 0.3 is 0 Å². The molecule has 1 aromatic carbocycles. The van der Waals surface area contributed by atoms with Gasteiger partial charge in [-0.3, -0.25) is 0 Å². The van der Waals surface area contributed by atoms with Crippen LogP contribution in [0.1, 0.15) is 11.5 Å². The van der Waals surface area contributed by atoms with Gasteiger partial charge in [0.15, 0.2) is 0 Å². The Morgan fingerprint density at radius 2 is 2.18 bits per heavy atom. The monoisotopic (exact) mass is 282 g/mol. The molecule has 5 heteroatoms. The van der Waals surface area contributed by atoms with E-state index < -0.39 is 0 Å². The zero-order chi connectivity index (χ0) is 12.3. The second-order valence-corrected chi connectivity index (χ2v) is 5.41. The number of aromatic nitrogens is 2. The molecular formula is C12H11ClN2S2. The molecule has 0 bridgehead atoms. The number of nitrogens with zero attached hydrogens (tertiary/aromatic N) is 1. The molecular weight excluding hydrogens is 272 g/mol. The van der Waals surface area contributed by atoms with Crippen molar-refractivity contribution in [2.75, 3.05) is 0 Å². The average Bonchev–Trinajstić information content (AvgIpc) is 2.27. The topological polar surface area (TPSA) is 28.7 Å². The van der Waals surface area contributed by atoms with Crippen LogP contribution in [-0.4, -0.2) is 9.97 Å². The molecule has 0 radical (unpaired) electrons. The third-order valence-corrected chi connectivity index (χ3v) is 3.86. The second-order valence-electron chi connectivity index (χ2n) is 3.57. The van der Waals surface area contributed by atoms with Crippen LogP contribution < -0.4 is 0 Å². The SMILES string of the molecule is Cc1cc(=S)nc(CSc2ccccc2Cl)[nH]1. The first-order valence-electron chi connectivity index (χ1n) is 5.09. The number of thioether (sulfide) groups is 1. The smallest absolute Gasteiger partial charge is 0.130 e. The third-order valence-electron chi connectivity index (χ3n) is 2.13. The Balaban J connectivity index is 2.13. The highest BCUT2D eigenvalue weighted by Gasteiger charge is 2.02. The van der Waals surface area contributed by atoms with E-state index in [1.807, 2.05) is 37.3 Å². The average molecular weight is 283 g/mol. The van der Waals surface area contributed by atoms with Crippen molar-refractivity contribution in [2.45, 2.75) is 17.6 Å². The summed E-state index contributed by atoms with van der Waals surface area (Å²) in [6.07, 6.45) is 0. The molecule has 0 aliphatic carbocycles. The molecule has 0 atom stereocenters. The van der Waals surface area contributed by atoms with E-state index in [1.165, 1.54) is 0 Å². The van der Waals surface area contributed by atoms with Crippen molar-refractivity contribution in [2.24, 2.45) is 0 Å².